The van der Waals surface area contributed by atoms with Crippen molar-refractivity contribution in [1.82, 2.24) is 0 Å². The monoisotopic (exact) mass is 558 g/mol. The molecular formula is C44H30. The van der Waals surface area contributed by atoms with Gasteiger partial charge in [-0.3, -0.25) is 0 Å². The summed E-state index contributed by atoms with van der Waals surface area (Å²) in [4.78, 5) is 0. The van der Waals surface area contributed by atoms with Gasteiger partial charge in [-0.2, -0.15) is 0 Å². The molecule has 9 rings (SSSR count). The summed E-state index contributed by atoms with van der Waals surface area (Å²) in [7, 11) is 0. The van der Waals surface area contributed by atoms with Crippen LogP contribution in [0.4, 0.5) is 0 Å². The van der Waals surface area contributed by atoms with E-state index in [9.17, 15) is 0 Å². The second kappa shape index (κ2) is 10.1. The minimum Gasteiger partial charge on any atom is -0.0870 e. The van der Waals surface area contributed by atoms with Crippen molar-refractivity contribution in [2.24, 2.45) is 0 Å². The van der Waals surface area contributed by atoms with E-state index in [1.165, 1.54) is 82.0 Å². The molecule has 0 bridgehead atoms. The van der Waals surface area contributed by atoms with E-state index in [2.05, 4.69) is 164 Å². The van der Waals surface area contributed by atoms with Crippen molar-refractivity contribution in [2.45, 2.75) is 12.3 Å². The van der Waals surface area contributed by atoms with Gasteiger partial charge in [0.2, 0.25) is 0 Å². The summed E-state index contributed by atoms with van der Waals surface area (Å²) in [5, 5.41) is 10.3. The van der Waals surface area contributed by atoms with Crippen LogP contribution >= 0.6 is 0 Å². The smallest absolute Gasteiger partial charge is 0.00527 e. The molecule has 0 saturated carbocycles. The molecule has 0 radical (unpaired) electrons. The molecule has 0 N–H and O–H groups in total. The third kappa shape index (κ3) is 3.99. The van der Waals surface area contributed by atoms with Crippen molar-refractivity contribution in [3.8, 4) is 33.4 Å². The molecule has 0 aromatic heterocycles. The largest absolute Gasteiger partial charge is 0.0870 e. The molecule has 1 aliphatic rings. The number of rotatable bonds is 4. The Bertz CT molecular complexity index is 2340. The van der Waals surface area contributed by atoms with Crippen LogP contribution in [0.1, 0.15) is 17.9 Å². The van der Waals surface area contributed by atoms with E-state index in [-0.39, 0.29) is 0 Å². The van der Waals surface area contributed by atoms with E-state index in [1.54, 1.807) is 0 Å². The van der Waals surface area contributed by atoms with Crippen LogP contribution in [-0.2, 0) is 0 Å². The predicted molar refractivity (Wildman–Crippen MR) is 189 cm³/mol. The number of hydrogen-bond acceptors (Lipinski definition) is 0. The van der Waals surface area contributed by atoms with Gasteiger partial charge in [-0.05, 0) is 94.5 Å². The van der Waals surface area contributed by atoms with E-state index in [0.29, 0.717) is 5.92 Å². The second-order valence-corrected chi connectivity index (χ2v) is 12.0. The fourth-order valence-corrected chi connectivity index (χ4v) is 7.21. The Morgan fingerprint density at radius 1 is 0.386 bits per heavy atom. The topological polar surface area (TPSA) is 0 Å². The Hall–Kier alpha value is -5.46. The van der Waals surface area contributed by atoms with Crippen molar-refractivity contribution in [3.63, 3.8) is 0 Å². The van der Waals surface area contributed by atoms with Gasteiger partial charge in [-0.1, -0.05) is 158 Å². The Morgan fingerprint density at radius 2 is 0.909 bits per heavy atom. The first-order valence-electron chi connectivity index (χ1n) is 15.5. The Labute approximate surface area is 257 Å². The van der Waals surface area contributed by atoms with Crippen LogP contribution in [0.15, 0.2) is 164 Å². The van der Waals surface area contributed by atoms with Crippen molar-refractivity contribution in [1.29, 1.82) is 0 Å². The van der Waals surface area contributed by atoms with Crippen molar-refractivity contribution in [2.75, 3.05) is 0 Å². The molecule has 206 valence electrons. The van der Waals surface area contributed by atoms with Crippen LogP contribution in [0.5, 0.6) is 0 Å². The Kier molecular flexibility index (Phi) is 5.74. The molecule has 0 amide bonds. The average Bonchev–Trinajstić information content (AvgIpc) is 3.06. The van der Waals surface area contributed by atoms with Crippen molar-refractivity contribution in [3.05, 3.63) is 169 Å². The molecule has 0 nitrogen and oxygen atoms in total. The molecule has 1 unspecified atom stereocenters. The van der Waals surface area contributed by atoms with Crippen molar-refractivity contribution < 1.29 is 0 Å². The summed E-state index contributed by atoms with van der Waals surface area (Å²) in [6, 6.07) is 56.2. The first-order valence-corrected chi connectivity index (χ1v) is 15.5. The Morgan fingerprint density at radius 3 is 1.57 bits per heavy atom. The quantitative estimate of drug-likeness (QED) is 0.149. The zero-order valence-corrected chi connectivity index (χ0v) is 24.4. The SMILES string of the molecule is C1=CC(c2ccc3cc(-c4c5ccccc5c(-c5ccc(-c6cccc7ccccc67)cc5)c5ccccc45)ccc3c2)C1. The van der Waals surface area contributed by atoms with E-state index < -0.39 is 0 Å². The summed E-state index contributed by atoms with van der Waals surface area (Å²) in [5.74, 6) is 0.570. The molecule has 8 aromatic rings. The molecule has 0 fully saturated rings. The van der Waals surface area contributed by atoms with Crippen LogP contribution < -0.4 is 0 Å². The highest BCUT2D eigenvalue weighted by Crippen LogP contribution is 2.44. The van der Waals surface area contributed by atoms with E-state index >= 15 is 0 Å². The highest BCUT2D eigenvalue weighted by atomic mass is 14.2. The summed E-state index contributed by atoms with van der Waals surface area (Å²) in [5.41, 5.74) is 9.03. The van der Waals surface area contributed by atoms with Gasteiger partial charge < -0.3 is 0 Å². The third-order valence-corrected chi connectivity index (χ3v) is 9.55. The molecular weight excluding hydrogens is 528 g/mol. The minimum absolute atomic E-state index is 0.570. The van der Waals surface area contributed by atoms with Crippen molar-refractivity contribution >= 4 is 43.1 Å². The summed E-state index contributed by atoms with van der Waals surface area (Å²) >= 11 is 0. The third-order valence-electron chi connectivity index (χ3n) is 9.55. The van der Waals surface area contributed by atoms with Gasteiger partial charge >= 0.3 is 0 Å². The average molecular weight is 559 g/mol. The Balaban J connectivity index is 1.22. The fraction of sp³-hybridized carbons (Fsp3) is 0.0455. The second-order valence-electron chi connectivity index (χ2n) is 12.0. The lowest BCUT2D eigenvalue weighted by molar-refractivity contribution is 0.795. The maximum atomic E-state index is 2.38. The van der Waals surface area contributed by atoms with Crippen LogP contribution in [0, 0.1) is 0 Å². The zero-order chi connectivity index (χ0) is 29.0. The highest BCUT2D eigenvalue weighted by molar-refractivity contribution is 6.21. The van der Waals surface area contributed by atoms with Gasteiger partial charge in [0, 0.05) is 5.92 Å². The molecule has 0 saturated heterocycles. The summed E-state index contributed by atoms with van der Waals surface area (Å²) in [6.45, 7) is 0. The standard InChI is InChI=1S/C44H30/c1-2-13-37-30(9-1)12-8-18-38(37)31-19-21-32(22-20-31)43-39-14-3-5-16-41(39)44(42-17-6-4-15-40(42)43)36-26-25-34-27-33(29-10-7-11-29)23-24-35(34)28-36/h1-10,12-29H,11H2. The highest BCUT2D eigenvalue weighted by Gasteiger charge is 2.18. The lowest BCUT2D eigenvalue weighted by Gasteiger charge is -2.19. The fourth-order valence-electron chi connectivity index (χ4n) is 7.21. The molecule has 0 spiro atoms. The molecule has 0 heterocycles. The van der Waals surface area contributed by atoms with Gasteiger partial charge in [-0.25, -0.2) is 0 Å². The number of allylic oxidation sites excluding steroid dienone is 2. The normalized spacial score (nSPS) is 14.4. The van der Waals surface area contributed by atoms with Gasteiger partial charge in [0.05, 0.1) is 0 Å². The number of fused-ring (bicyclic) bond motifs is 4. The molecule has 0 heteroatoms. The zero-order valence-electron chi connectivity index (χ0n) is 24.4. The first kappa shape index (κ1) is 25.1. The predicted octanol–water partition coefficient (Wildman–Crippen LogP) is 12.3. The van der Waals surface area contributed by atoms with Gasteiger partial charge in [-0.15, -0.1) is 0 Å². The summed E-state index contributed by atoms with van der Waals surface area (Å²) in [6.07, 6.45) is 5.73. The van der Waals surface area contributed by atoms with Crippen LogP contribution in [0.2, 0.25) is 0 Å². The van der Waals surface area contributed by atoms with E-state index in [0.717, 1.165) is 6.42 Å². The molecule has 0 aliphatic heterocycles. The van der Waals surface area contributed by atoms with Gasteiger partial charge in [0.1, 0.15) is 0 Å². The maximum Gasteiger partial charge on any atom is 0.00527 e. The number of benzene rings is 8. The van der Waals surface area contributed by atoms with Crippen LogP contribution in [0.3, 0.4) is 0 Å². The number of hydrogen-bond donors (Lipinski definition) is 0. The van der Waals surface area contributed by atoms with Gasteiger partial charge in [0.15, 0.2) is 0 Å². The maximum absolute atomic E-state index is 2.38. The molecule has 44 heavy (non-hydrogen) atoms. The van der Waals surface area contributed by atoms with E-state index in [1.807, 2.05) is 0 Å². The lowest BCUT2D eigenvalue weighted by Crippen LogP contribution is -2.00. The first-order chi connectivity index (χ1) is 21.8. The van der Waals surface area contributed by atoms with Gasteiger partial charge in [0.25, 0.3) is 0 Å². The van der Waals surface area contributed by atoms with Crippen LogP contribution in [-0.4, -0.2) is 0 Å². The molecule has 8 aromatic carbocycles. The summed E-state index contributed by atoms with van der Waals surface area (Å²) < 4.78 is 0. The minimum atomic E-state index is 0.570. The lowest BCUT2D eigenvalue weighted by atomic mass is 9.84. The molecule has 1 atom stereocenters. The molecule has 1 aliphatic carbocycles. The van der Waals surface area contributed by atoms with E-state index in [4.69, 9.17) is 0 Å². The van der Waals surface area contributed by atoms with Crippen LogP contribution in [0.25, 0.3) is 76.5 Å².